The predicted molar refractivity (Wildman–Crippen MR) is 85.0 cm³/mol. The fourth-order valence-corrected chi connectivity index (χ4v) is 4.04. The van der Waals surface area contributed by atoms with Crippen LogP contribution in [0.5, 0.6) is 0 Å². The quantitative estimate of drug-likeness (QED) is 0.776. The van der Waals surface area contributed by atoms with Gasteiger partial charge in [-0.05, 0) is 38.3 Å². The normalized spacial score (nSPS) is 16.3. The second-order valence-corrected chi connectivity index (χ2v) is 7.33. The molecule has 0 unspecified atom stereocenters. The highest BCUT2D eigenvalue weighted by molar-refractivity contribution is 7.89. The lowest BCUT2D eigenvalue weighted by Crippen LogP contribution is -2.28. The van der Waals surface area contributed by atoms with Crippen LogP contribution in [0.1, 0.15) is 39.5 Å². The molecule has 0 saturated carbocycles. The number of nitrogens with zero attached hydrogens (tertiary/aromatic N) is 3. The number of pyridine rings is 1. The summed E-state index contributed by atoms with van der Waals surface area (Å²) in [7, 11) is -3.35. The first kappa shape index (κ1) is 16.2. The molecule has 118 valence electrons. The van der Waals surface area contributed by atoms with E-state index in [2.05, 4.69) is 23.7 Å². The Morgan fingerprint density at radius 2 is 1.95 bits per heavy atom. The Hall–Kier alpha value is -1.14. The van der Waals surface area contributed by atoms with E-state index in [1.165, 1.54) is 6.20 Å². The molecule has 1 fully saturated rings. The van der Waals surface area contributed by atoms with Crippen molar-refractivity contribution in [2.45, 2.75) is 44.4 Å². The van der Waals surface area contributed by atoms with Crippen LogP contribution in [0, 0.1) is 0 Å². The van der Waals surface area contributed by atoms with E-state index in [-0.39, 0.29) is 0 Å². The predicted octanol–water partition coefficient (Wildman–Crippen LogP) is 2.49. The first-order valence-corrected chi connectivity index (χ1v) is 9.24. The van der Waals surface area contributed by atoms with Crippen molar-refractivity contribution in [3.8, 4) is 0 Å². The molecular weight excluding hydrogens is 286 g/mol. The summed E-state index contributed by atoms with van der Waals surface area (Å²) < 4.78 is 26.4. The molecule has 0 spiro atoms. The van der Waals surface area contributed by atoms with Gasteiger partial charge in [0.2, 0.25) is 10.0 Å². The first-order valence-electron chi connectivity index (χ1n) is 7.80. The molecule has 0 aliphatic carbocycles. The molecule has 0 radical (unpaired) electrons. The number of unbranched alkanes of at least 4 members (excludes halogenated alkanes) is 1. The summed E-state index contributed by atoms with van der Waals surface area (Å²) in [6, 6.07) is 3.51. The fraction of sp³-hybridized carbons (Fsp3) is 0.667. The Morgan fingerprint density at radius 3 is 2.48 bits per heavy atom. The van der Waals surface area contributed by atoms with Gasteiger partial charge in [-0.25, -0.2) is 13.4 Å². The SMILES string of the molecule is CCCCN(CC)c1ccc(S(=O)(=O)N2CCCC2)cn1. The van der Waals surface area contributed by atoms with Crippen LogP contribution >= 0.6 is 0 Å². The molecule has 2 rings (SSSR count). The van der Waals surface area contributed by atoms with Gasteiger partial charge in [0.05, 0.1) is 0 Å². The van der Waals surface area contributed by atoms with Gasteiger partial charge < -0.3 is 4.90 Å². The van der Waals surface area contributed by atoms with Gasteiger partial charge >= 0.3 is 0 Å². The largest absolute Gasteiger partial charge is 0.357 e. The molecule has 1 aliphatic rings. The number of hydrogen-bond donors (Lipinski definition) is 0. The summed E-state index contributed by atoms with van der Waals surface area (Å²) in [4.78, 5) is 6.84. The van der Waals surface area contributed by atoms with E-state index in [4.69, 9.17) is 0 Å². The minimum Gasteiger partial charge on any atom is -0.357 e. The average Bonchev–Trinajstić information content (AvgIpc) is 3.03. The van der Waals surface area contributed by atoms with Gasteiger partial charge in [-0.2, -0.15) is 4.31 Å². The van der Waals surface area contributed by atoms with Gasteiger partial charge in [0, 0.05) is 32.4 Å². The van der Waals surface area contributed by atoms with Crippen molar-refractivity contribution < 1.29 is 8.42 Å². The molecule has 0 N–H and O–H groups in total. The molecular formula is C15H25N3O2S. The average molecular weight is 311 g/mol. The van der Waals surface area contributed by atoms with Crippen LogP contribution in [0.15, 0.2) is 23.2 Å². The lowest BCUT2D eigenvalue weighted by Gasteiger charge is -2.22. The summed E-state index contributed by atoms with van der Waals surface area (Å²) in [6.07, 6.45) is 5.65. The van der Waals surface area contributed by atoms with Crippen molar-refractivity contribution in [1.82, 2.24) is 9.29 Å². The highest BCUT2D eigenvalue weighted by atomic mass is 32.2. The highest BCUT2D eigenvalue weighted by Crippen LogP contribution is 2.22. The van der Waals surface area contributed by atoms with E-state index in [1.54, 1.807) is 10.4 Å². The van der Waals surface area contributed by atoms with Crippen LogP contribution in [0.4, 0.5) is 5.82 Å². The van der Waals surface area contributed by atoms with Crippen molar-refractivity contribution in [3.63, 3.8) is 0 Å². The zero-order valence-corrected chi connectivity index (χ0v) is 13.8. The fourth-order valence-electron chi connectivity index (χ4n) is 2.57. The third-order valence-electron chi connectivity index (χ3n) is 3.91. The van der Waals surface area contributed by atoms with E-state index in [1.807, 2.05) is 6.07 Å². The van der Waals surface area contributed by atoms with Gasteiger partial charge in [-0.1, -0.05) is 13.3 Å². The maximum absolute atomic E-state index is 12.4. The molecule has 1 saturated heterocycles. The second-order valence-electron chi connectivity index (χ2n) is 5.40. The molecule has 5 nitrogen and oxygen atoms in total. The van der Waals surface area contributed by atoms with Crippen LogP contribution in [0.25, 0.3) is 0 Å². The van der Waals surface area contributed by atoms with Crippen LogP contribution in [-0.4, -0.2) is 43.9 Å². The Bertz CT molecular complexity index is 537. The zero-order valence-electron chi connectivity index (χ0n) is 13.0. The lowest BCUT2D eigenvalue weighted by atomic mass is 10.3. The topological polar surface area (TPSA) is 53.5 Å². The van der Waals surface area contributed by atoms with Crippen LogP contribution in [0.2, 0.25) is 0 Å². The van der Waals surface area contributed by atoms with E-state index in [0.717, 1.165) is 44.6 Å². The zero-order chi connectivity index (χ0) is 15.3. The Balaban J connectivity index is 2.14. The Morgan fingerprint density at radius 1 is 1.24 bits per heavy atom. The minimum absolute atomic E-state index is 0.305. The standard InChI is InChI=1S/C15H25N3O2S/c1-3-5-10-17(4-2)15-9-8-14(13-16-15)21(19,20)18-11-6-7-12-18/h8-9,13H,3-7,10-12H2,1-2H3. The van der Waals surface area contributed by atoms with E-state index in [9.17, 15) is 8.42 Å². The third-order valence-corrected chi connectivity index (χ3v) is 5.79. The van der Waals surface area contributed by atoms with Gasteiger partial charge in [0.15, 0.2) is 0 Å². The number of rotatable bonds is 7. The third kappa shape index (κ3) is 3.74. The summed E-state index contributed by atoms with van der Waals surface area (Å²) in [6.45, 7) is 7.34. The lowest BCUT2D eigenvalue weighted by molar-refractivity contribution is 0.477. The van der Waals surface area contributed by atoms with Crippen molar-refractivity contribution in [2.24, 2.45) is 0 Å². The van der Waals surface area contributed by atoms with Crippen LogP contribution in [0.3, 0.4) is 0 Å². The monoisotopic (exact) mass is 311 g/mol. The second kappa shape index (κ2) is 7.22. The first-order chi connectivity index (χ1) is 10.1. The summed E-state index contributed by atoms with van der Waals surface area (Å²) >= 11 is 0. The van der Waals surface area contributed by atoms with Crippen molar-refractivity contribution in [2.75, 3.05) is 31.1 Å². The molecule has 1 aromatic rings. The highest BCUT2D eigenvalue weighted by Gasteiger charge is 2.27. The maximum atomic E-state index is 12.4. The minimum atomic E-state index is -3.35. The van der Waals surface area contributed by atoms with E-state index >= 15 is 0 Å². The van der Waals surface area contributed by atoms with E-state index in [0.29, 0.717) is 18.0 Å². The number of anilines is 1. The van der Waals surface area contributed by atoms with Crippen LogP contribution < -0.4 is 4.90 Å². The molecule has 2 heterocycles. The van der Waals surface area contributed by atoms with Gasteiger partial charge in [-0.15, -0.1) is 0 Å². The number of hydrogen-bond acceptors (Lipinski definition) is 4. The summed E-state index contributed by atoms with van der Waals surface area (Å²) in [5, 5.41) is 0. The molecule has 21 heavy (non-hydrogen) atoms. The summed E-state index contributed by atoms with van der Waals surface area (Å²) in [5.74, 6) is 0.853. The molecule has 6 heteroatoms. The van der Waals surface area contributed by atoms with Crippen molar-refractivity contribution in [3.05, 3.63) is 18.3 Å². The molecule has 0 amide bonds. The molecule has 1 aromatic heterocycles. The number of aromatic nitrogens is 1. The molecule has 0 atom stereocenters. The maximum Gasteiger partial charge on any atom is 0.244 e. The Labute approximate surface area is 128 Å². The van der Waals surface area contributed by atoms with Crippen molar-refractivity contribution in [1.29, 1.82) is 0 Å². The molecule has 0 aromatic carbocycles. The van der Waals surface area contributed by atoms with Crippen LogP contribution in [-0.2, 0) is 10.0 Å². The van der Waals surface area contributed by atoms with E-state index < -0.39 is 10.0 Å². The van der Waals surface area contributed by atoms with Gasteiger partial charge in [0.1, 0.15) is 10.7 Å². The Kier molecular flexibility index (Phi) is 5.58. The van der Waals surface area contributed by atoms with Gasteiger partial charge in [0.25, 0.3) is 0 Å². The molecule has 1 aliphatic heterocycles. The number of sulfonamides is 1. The van der Waals surface area contributed by atoms with Crippen molar-refractivity contribution >= 4 is 15.8 Å². The van der Waals surface area contributed by atoms with Gasteiger partial charge in [-0.3, -0.25) is 0 Å². The smallest absolute Gasteiger partial charge is 0.244 e. The summed E-state index contributed by atoms with van der Waals surface area (Å²) in [5.41, 5.74) is 0. The molecule has 0 bridgehead atoms.